The fourth-order valence-electron chi connectivity index (χ4n) is 2.65. The Kier molecular flexibility index (Phi) is 5.44. The smallest absolute Gasteiger partial charge is 0.433 e. The maximum Gasteiger partial charge on any atom is 0.433 e. The van der Waals surface area contributed by atoms with Crippen molar-refractivity contribution >= 4 is 22.9 Å². The number of amides is 1. The summed E-state index contributed by atoms with van der Waals surface area (Å²) in [6.45, 7) is -0.313. The van der Waals surface area contributed by atoms with E-state index in [1.54, 1.807) is 18.2 Å². The molecule has 7 nitrogen and oxygen atoms in total. The number of halogens is 3. The number of aromatic nitrogens is 2. The van der Waals surface area contributed by atoms with Gasteiger partial charge in [-0.3, -0.25) is 10.3 Å². The molecule has 0 aliphatic carbocycles. The van der Waals surface area contributed by atoms with Crippen LogP contribution in [0, 0.1) is 0 Å². The standard InChI is InChI=1S/C21H14F3N3O4/c22-21(23,24)18-10-13(8-9-25-18)26-20(28)29-12-19-27-16-7-6-15(11-17(16)31-19)30-14-4-2-1-3-5-14/h1-11H,12H2,(H,25,26,28). The average molecular weight is 429 g/mol. The largest absolute Gasteiger partial charge is 0.457 e. The molecule has 0 saturated heterocycles. The highest BCUT2D eigenvalue weighted by atomic mass is 19.4. The van der Waals surface area contributed by atoms with Crippen molar-refractivity contribution in [1.82, 2.24) is 9.97 Å². The van der Waals surface area contributed by atoms with Gasteiger partial charge in [-0.05, 0) is 36.4 Å². The summed E-state index contributed by atoms with van der Waals surface area (Å²) in [6, 6.07) is 16.2. The van der Waals surface area contributed by atoms with E-state index in [0.717, 1.165) is 6.20 Å². The van der Waals surface area contributed by atoms with Gasteiger partial charge in [0.1, 0.15) is 22.7 Å². The number of nitrogens with one attached hydrogen (secondary N) is 1. The van der Waals surface area contributed by atoms with Crippen molar-refractivity contribution in [1.29, 1.82) is 0 Å². The lowest BCUT2D eigenvalue weighted by Gasteiger charge is -2.08. The number of rotatable bonds is 5. The lowest BCUT2D eigenvalue weighted by Crippen LogP contribution is -2.15. The molecule has 158 valence electrons. The number of anilines is 1. The molecule has 0 atom stereocenters. The van der Waals surface area contributed by atoms with Crippen molar-refractivity contribution in [2.24, 2.45) is 0 Å². The summed E-state index contributed by atoms with van der Waals surface area (Å²) in [5.74, 6) is 1.32. The summed E-state index contributed by atoms with van der Waals surface area (Å²) in [4.78, 5) is 19.3. The molecule has 4 aromatic rings. The molecule has 2 aromatic carbocycles. The quantitative estimate of drug-likeness (QED) is 0.433. The number of fused-ring (bicyclic) bond motifs is 1. The molecule has 0 aliphatic heterocycles. The zero-order valence-electron chi connectivity index (χ0n) is 15.7. The van der Waals surface area contributed by atoms with E-state index in [2.05, 4.69) is 15.3 Å². The fraction of sp³-hybridized carbons (Fsp3) is 0.0952. The average Bonchev–Trinajstić information content (AvgIpc) is 3.15. The zero-order valence-corrected chi connectivity index (χ0v) is 15.7. The number of pyridine rings is 1. The lowest BCUT2D eigenvalue weighted by atomic mass is 10.3. The molecule has 10 heteroatoms. The van der Waals surface area contributed by atoms with Crippen molar-refractivity contribution in [3.05, 3.63) is 78.4 Å². The highest BCUT2D eigenvalue weighted by molar-refractivity contribution is 5.84. The molecule has 1 amide bonds. The Labute approximate surface area is 173 Å². The van der Waals surface area contributed by atoms with E-state index < -0.39 is 18.0 Å². The molecule has 0 spiro atoms. The Balaban J connectivity index is 1.38. The number of hydrogen-bond donors (Lipinski definition) is 1. The van der Waals surface area contributed by atoms with Crippen molar-refractivity contribution in [2.75, 3.05) is 5.32 Å². The second-order valence-electron chi connectivity index (χ2n) is 6.28. The third-order valence-corrected chi connectivity index (χ3v) is 4.01. The van der Waals surface area contributed by atoms with Crippen LogP contribution >= 0.6 is 0 Å². The summed E-state index contributed by atoms with van der Waals surface area (Å²) in [7, 11) is 0. The van der Waals surface area contributed by atoms with Crippen LogP contribution in [0.2, 0.25) is 0 Å². The van der Waals surface area contributed by atoms with Gasteiger partial charge in [-0.25, -0.2) is 9.78 Å². The molecular weight excluding hydrogens is 415 g/mol. The van der Waals surface area contributed by atoms with Gasteiger partial charge >= 0.3 is 12.3 Å². The zero-order chi connectivity index (χ0) is 21.8. The first kappa shape index (κ1) is 20.2. The predicted octanol–water partition coefficient (Wildman–Crippen LogP) is 5.78. The van der Waals surface area contributed by atoms with Gasteiger partial charge in [-0.15, -0.1) is 0 Å². The number of carbonyl (C=O) groups is 1. The lowest BCUT2D eigenvalue weighted by molar-refractivity contribution is -0.141. The van der Waals surface area contributed by atoms with E-state index in [4.69, 9.17) is 13.9 Å². The molecule has 2 heterocycles. The van der Waals surface area contributed by atoms with Crippen LogP contribution in [0.4, 0.5) is 23.7 Å². The SMILES string of the molecule is O=C(Nc1ccnc(C(F)(F)F)c1)OCc1nc2ccc(Oc3ccccc3)cc2o1. The van der Waals surface area contributed by atoms with Crippen LogP contribution in [0.15, 0.2) is 71.3 Å². The molecular formula is C21H14F3N3O4. The first-order valence-corrected chi connectivity index (χ1v) is 8.96. The summed E-state index contributed by atoms with van der Waals surface area (Å²) in [5, 5.41) is 2.20. The number of ether oxygens (including phenoxy) is 2. The summed E-state index contributed by atoms with van der Waals surface area (Å²) in [6.07, 6.45) is -4.65. The number of benzene rings is 2. The number of para-hydroxylation sites is 1. The normalized spacial score (nSPS) is 11.3. The summed E-state index contributed by atoms with van der Waals surface area (Å²) < 4.78 is 54.3. The van der Waals surface area contributed by atoms with Gasteiger partial charge in [-0.1, -0.05) is 18.2 Å². The minimum absolute atomic E-state index is 0.104. The van der Waals surface area contributed by atoms with Crippen LogP contribution in [0.3, 0.4) is 0 Å². The minimum atomic E-state index is -4.62. The second kappa shape index (κ2) is 8.34. The first-order valence-electron chi connectivity index (χ1n) is 8.96. The molecule has 0 radical (unpaired) electrons. The molecule has 1 N–H and O–H groups in total. The van der Waals surface area contributed by atoms with Gasteiger partial charge in [0.2, 0.25) is 5.89 Å². The third kappa shape index (κ3) is 5.10. The number of hydrogen-bond acceptors (Lipinski definition) is 6. The van der Waals surface area contributed by atoms with E-state index >= 15 is 0 Å². The van der Waals surface area contributed by atoms with Crippen molar-refractivity contribution < 1.29 is 31.9 Å². The highest BCUT2D eigenvalue weighted by Gasteiger charge is 2.32. The summed E-state index contributed by atoms with van der Waals surface area (Å²) in [5.41, 5.74) is -0.273. The Hall–Kier alpha value is -4.08. The minimum Gasteiger partial charge on any atom is -0.457 e. The number of nitrogens with zero attached hydrogens (tertiary/aromatic N) is 2. The van der Waals surface area contributed by atoms with Gasteiger partial charge < -0.3 is 13.9 Å². The molecule has 2 aromatic heterocycles. The van der Waals surface area contributed by atoms with Crippen LogP contribution in [0.1, 0.15) is 11.6 Å². The number of carbonyl (C=O) groups excluding carboxylic acids is 1. The maximum atomic E-state index is 12.7. The van der Waals surface area contributed by atoms with Gasteiger partial charge in [0.05, 0.1) is 0 Å². The van der Waals surface area contributed by atoms with Crippen molar-refractivity contribution in [3.8, 4) is 11.5 Å². The van der Waals surface area contributed by atoms with E-state index in [-0.39, 0.29) is 18.2 Å². The van der Waals surface area contributed by atoms with Crippen LogP contribution < -0.4 is 10.1 Å². The third-order valence-electron chi connectivity index (χ3n) is 4.01. The Bertz CT molecular complexity index is 1210. The first-order chi connectivity index (χ1) is 14.9. The monoisotopic (exact) mass is 429 g/mol. The van der Waals surface area contributed by atoms with E-state index in [1.165, 1.54) is 6.07 Å². The second-order valence-corrected chi connectivity index (χ2v) is 6.28. The van der Waals surface area contributed by atoms with Gasteiger partial charge in [0, 0.05) is 18.0 Å². The highest BCUT2D eigenvalue weighted by Crippen LogP contribution is 2.29. The summed E-state index contributed by atoms with van der Waals surface area (Å²) >= 11 is 0. The van der Waals surface area contributed by atoms with Crippen LogP contribution in [0.25, 0.3) is 11.1 Å². The molecule has 0 bridgehead atoms. The van der Waals surface area contributed by atoms with E-state index in [9.17, 15) is 18.0 Å². The topological polar surface area (TPSA) is 86.5 Å². The van der Waals surface area contributed by atoms with Crippen molar-refractivity contribution in [3.63, 3.8) is 0 Å². The van der Waals surface area contributed by atoms with Gasteiger partial charge in [0.25, 0.3) is 0 Å². The van der Waals surface area contributed by atoms with E-state index in [0.29, 0.717) is 28.7 Å². The number of alkyl halides is 3. The van der Waals surface area contributed by atoms with Gasteiger partial charge in [0.15, 0.2) is 12.2 Å². The Morgan fingerprint density at radius 2 is 1.84 bits per heavy atom. The molecule has 0 saturated carbocycles. The van der Waals surface area contributed by atoms with Crippen molar-refractivity contribution in [2.45, 2.75) is 12.8 Å². The van der Waals surface area contributed by atoms with Crippen LogP contribution in [-0.2, 0) is 17.5 Å². The van der Waals surface area contributed by atoms with Gasteiger partial charge in [-0.2, -0.15) is 13.2 Å². The molecule has 31 heavy (non-hydrogen) atoms. The molecule has 0 unspecified atom stereocenters. The maximum absolute atomic E-state index is 12.7. The number of oxazole rings is 1. The fourth-order valence-corrected chi connectivity index (χ4v) is 2.65. The van der Waals surface area contributed by atoms with Crippen LogP contribution in [-0.4, -0.2) is 16.1 Å². The Morgan fingerprint density at radius 1 is 1.03 bits per heavy atom. The predicted molar refractivity (Wildman–Crippen MR) is 104 cm³/mol. The molecule has 0 fully saturated rings. The van der Waals surface area contributed by atoms with E-state index in [1.807, 2.05) is 30.3 Å². The van der Waals surface area contributed by atoms with Crippen LogP contribution in [0.5, 0.6) is 11.5 Å². The molecule has 4 rings (SSSR count). The molecule has 0 aliphatic rings. The Morgan fingerprint density at radius 3 is 2.61 bits per heavy atom.